The van der Waals surface area contributed by atoms with Crippen LogP contribution in [0.5, 0.6) is 0 Å². The molecule has 2 aromatic carbocycles. The zero-order valence-corrected chi connectivity index (χ0v) is 17.0. The third kappa shape index (κ3) is 4.64. The van der Waals surface area contributed by atoms with Gasteiger partial charge in [-0.2, -0.15) is 0 Å². The average Bonchev–Trinajstić information content (AvgIpc) is 3.16. The number of hydrogen-bond acceptors (Lipinski definition) is 4. The van der Waals surface area contributed by atoms with E-state index in [2.05, 4.69) is 28.6 Å². The van der Waals surface area contributed by atoms with Gasteiger partial charge in [-0.3, -0.25) is 9.59 Å². The molecule has 0 radical (unpaired) electrons. The molecule has 3 rings (SSSR count). The summed E-state index contributed by atoms with van der Waals surface area (Å²) < 4.78 is 0. The fourth-order valence-corrected chi connectivity index (χ4v) is 3.80. The lowest BCUT2D eigenvalue weighted by atomic mass is 10.1. The number of carbonyl (C=O) groups excluding carboxylic acids is 2. The summed E-state index contributed by atoms with van der Waals surface area (Å²) in [6.45, 7) is 6.89. The summed E-state index contributed by atoms with van der Waals surface area (Å²) in [6.07, 6.45) is 0. The highest BCUT2D eigenvalue weighted by atomic mass is 32.1. The van der Waals surface area contributed by atoms with Crippen molar-refractivity contribution in [1.82, 2.24) is 15.6 Å². The minimum atomic E-state index is -0.226. The Hall–Kier alpha value is -2.99. The van der Waals surface area contributed by atoms with E-state index in [-0.39, 0.29) is 11.8 Å². The first-order valence-corrected chi connectivity index (χ1v) is 10.0. The maximum Gasteiger partial charge on any atom is 0.271 e. The van der Waals surface area contributed by atoms with Gasteiger partial charge < -0.3 is 10.6 Å². The molecule has 1 heterocycles. The number of thiazole rings is 1. The Labute approximate surface area is 168 Å². The van der Waals surface area contributed by atoms with Gasteiger partial charge in [-0.15, -0.1) is 11.3 Å². The Morgan fingerprint density at radius 3 is 2.61 bits per heavy atom. The van der Waals surface area contributed by atoms with E-state index in [0.29, 0.717) is 24.3 Å². The molecule has 6 heteroatoms. The molecule has 0 bridgehead atoms. The van der Waals surface area contributed by atoms with E-state index in [4.69, 9.17) is 0 Å². The Morgan fingerprint density at radius 1 is 1.04 bits per heavy atom. The monoisotopic (exact) mass is 393 g/mol. The number of amides is 2. The van der Waals surface area contributed by atoms with E-state index in [9.17, 15) is 9.59 Å². The first-order valence-electron chi connectivity index (χ1n) is 9.16. The van der Waals surface area contributed by atoms with Crippen molar-refractivity contribution in [2.45, 2.75) is 27.3 Å². The predicted molar refractivity (Wildman–Crippen MR) is 113 cm³/mol. The third-order valence-electron chi connectivity index (χ3n) is 4.33. The lowest BCUT2D eigenvalue weighted by Crippen LogP contribution is -2.24. The van der Waals surface area contributed by atoms with Crippen LogP contribution in [0.2, 0.25) is 0 Å². The Kier molecular flexibility index (Phi) is 6.21. The second-order valence-electron chi connectivity index (χ2n) is 6.60. The number of nitrogens with zero attached hydrogens (tertiary/aromatic N) is 1. The predicted octanol–water partition coefficient (Wildman–Crippen LogP) is 4.11. The van der Waals surface area contributed by atoms with Crippen molar-refractivity contribution in [3.8, 4) is 10.6 Å². The standard InChI is InChI=1S/C22H23N3O2S/c1-4-23-20(26)17-7-5-6-16(11-17)12-24-21(27)19-13-28-22(25-19)18-9-8-14(2)10-15(18)3/h5-11,13H,4,12H2,1-3H3,(H,23,26)(H,24,27). The number of hydrogen-bond donors (Lipinski definition) is 2. The van der Waals surface area contributed by atoms with Gasteiger partial charge in [0.15, 0.2) is 0 Å². The van der Waals surface area contributed by atoms with Crippen LogP contribution < -0.4 is 10.6 Å². The molecule has 1 aromatic heterocycles. The minimum absolute atomic E-state index is 0.117. The van der Waals surface area contributed by atoms with Crippen LogP contribution in [-0.2, 0) is 6.54 Å². The smallest absolute Gasteiger partial charge is 0.271 e. The van der Waals surface area contributed by atoms with Gasteiger partial charge >= 0.3 is 0 Å². The van der Waals surface area contributed by atoms with E-state index in [1.165, 1.54) is 16.9 Å². The van der Waals surface area contributed by atoms with E-state index in [1.54, 1.807) is 17.5 Å². The van der Waals surface area contributed by atoms with Crippen LogP contribution in [0.3, 0.4) is 0 Å². The SMILES string of the molecule is CCNC(=O)c1cccc(CNC(=O)c2csc(-c3ccc(C)cc3C)n2)c1. The zero-order chi connectivity index (χ0) is 20.1. The Morgan fingerprint density at radius 2 is 1.86 bits per heavy atom. The first-order chi connectivity index (χ1) is 13.5. The molecule has 0 aliphatic heterocycles. The van der Waals surface area contributed by atoms with Crippen LogP contribution in [0.25, 0.3) is 10.6 Å². The molecular formula is C22H23N3O2S. The normalized spacial score (nSPS) is 10.5. The highest BCUT2D eigenvalue weighted by Crippen LogP contribution is 2.27. The van der Waals surface area contributed by atoms with E-state index in [1.807, 2.05) is 38.1 Å². The van der Waals surface area contributed by atoms with Crippen LogP contribution in [-0.4, -0.2) is 23.3 Å². The van der Waals surface area contributed by atoms with Crippen molar-refractivity contribution in [1.29, 1.82) is 0 Å². The van der Waals surface area contributed by atoms with Gasteiger partial charge in [0.05, 0.1) is 0 Å². The summed E-state index contributed by atoms with van der Waals surface area (Å²) in [5.41, 5.74) is 5.24. The summed E-state index contributed by atoms with van der Waals surface area (Å²) in [7, 11) is 0. The maximum absolute atomic E-state index is 12.5. The lowest BCUT2D eigenvalue weighted by Gasteiger charge is -2.07. The minimum Gasteiger partial charge on any atom is -0.352 e. The molecule has 0 aliphatic rings. The Bertz CT molecular complexity index is 1010. The lowest BCUT2D eigenvalue weighted by molar-refractivity contribution is 0.0944. The van der Waals surface area contributed by atoms with E-state index in [0.717, 1.165) is 21.7 Å². The van der Waals surface area contributed by atoms with Crippen molar-refractivity contribution in [3.05, 3.63) is 75.8 Å². The van der Waals surface area contributed by atoms with Gasteiger partial charge in [-0.1, -0.05) is 35.9 Å². The second-order valence-corrected chi connectivity index (χ2v) is 7.46. The molecule has 28 heavy (non-hydrogen) atoms. The molecule has 0 fully saturated rings. The molecule has 0 saturated heterocycles. The molecule has 0 unspecified atom stereocenters. The van der Waals surface area contributed by atoms with Crippen LogP contribution in [0, 0.1) is 13.8 Å². The van der Waals surface area contributed by atoms with Gasteiger partial charge in [0.25, 0.3) is 11.8 Å². The summed E-state index contributed by atoms with van der Waals surface area (Å²) in [5.74, 6) is -0.344. The summed E-state index contributed by atoms with van der Waals surface area (Å²) in [5, 5.41) is 8.25. The summed E-state index contributed by atoms with van der Waals surface area (Å²) in [6, 6.07) is 13.4. The molecule has 3 aromatic rings. The first kappa shape index (κ1) is 19.8. The molecule has 0 atom stereocenters. The fraction of sp³-hybridized carbons (Fsp3) is 0.227. The van der Waals surface area contributed by atoms with Gasteiger partial charge in [0, 0.05) is 29.6 Å². The quantitative estimate of drug-likeness (QED) is 0.662. The number of rotatable bonds is 6. The van der Waals surface area contributed by atoms with Crippen molar-refractivity contribution in [2.75, 3.05) is 6.54 Å². The molecule has 0 spiro atoms. The van der Waals surface area contributed by atoms with E-state index < -0.39 is 0 Å². The largest absolute Gasteiger partial charge is 0.352 e. The van der Waals surface area contributed by atoms with Crippen LogP contribution >= 0.6 is 11.3 Å². The molecule has 2 amide bonds. The molecular weight excluding hydrogens is 370 g/mol. The van der Waals surface area contributed by atoms with Crippen LogP contribution in [0.1, 0.15) is 44.5 Å². The van der Waals surface area contributed by atoms with Gasteiger partial charge in [-0.05, 0) is 44.0 Å². The van der Waals surface area contributed by atoms with Gasteiger partial charge in [-0.25, -0.2) is 4.98 Å². The van der Waals surface area contributed by atoms with Gasteiger partial charge in [0.2, 0.25) is 0 Å². The molecule has 5 nitrogen and oxygen atoms in total. The third-order valence-corrected chi connectivity index (χ3v) is 5.20. The molecule has 0 aliphatic carbocycles. The number of aromatic nitrogens is 1. The summed E-state index contributed by atoms with van der Waals surface area (Å²) in [4.78, 5) is 28.9. The van der Waals surface area contributed by atoms with Crippen LogP contribution in [0.15, 0.2) is 47.8 Å². The molecule has 0 saturated carbocycles. The van der Waals surface area contributed by atoms with Gasteiger partial charge in [0.1, 0.15) is 10.7 Å². The van der Waals surface area contributed by atoms with Crippen LogP contribution in [0.4, 0.5) is 0 Å². The maximum atomic E-state index is 12.5. The topological polar surface area (TPSA) is 71.1 Å². The van der Waals surface area contributed by atoms with E-state index >= 15 is 0 Å². The highest BCUT2D eigenvalue weighted by molar-refractivity contribution is 7.13. The number of nitrogens with one attached hydrogen (secondary N) is 2. The number of benzene rings is 2. The number of aryl methyl sites for hydroxylation is 2. The fourth-order valence-electron chi connectivity index (χ4n) is 2.91. The summed E-state index contributed by atoms with van der Waals surface area (Å²) >= 11 is 1.46. The highest BCUT2D eigenvalue weighted by Gasteiger charge is 2.13. The van der Waals surface area contributed by atoms with Crippen molar-refractivity contribution < 1.29 is 9.59 Å². The average molecular weight is 394 g/mol. The van der Waals surface area contributed by atoms with Crippen molar-refractivity contribution in [2.24, 2.45) is 0 Å². The second kappa shape index (κ2) is 8.80. The molecule has 144 valence electrons. The van der Waals surface area contributed by atoms with Crippen molar-refractivity contribution >= 4 is 23.2 Å². The molecule has 2 N–H and O–H groups in total. The zero-order valence-electron chi connectivity index (χ0n) is 16.2. The van der Waals surface area contributed by atoms with Crippen molar-refractivity contribution in [3.63, 3.8) is 0 Å². The number of carbonyl (C=O) groups is 2. The Balaban J connectivity index is 1.67.